The maximum atomic E-state index is 10.9. The SMILES string of the molecule is COc1cccc(OCc2ncc(C(=O)O)c(C)n2)c1. The number of rotatable bonds is 5. The summed E-state index contributed by atoms with van der Waals surface area (Å²) in [5, 5.41) is 8.90. The van der Waals surface area contributed by atoms with E-state index in [1.54, 1.807) is 26.2 Å². The predicted octanol–water partition coefficient (Wildman–Crippen LogP) is 2.07. The van der Waals surface area contributed by atoms with Crippen molar-refractivity contribution in [2.75, 3.05) is 7.11 Å². The normalized spacial score (nSPS) is 10.1. The van der Waals surface area contributed by atoms with Crippen LogP contribution in [-0.4, -0.2) is 28.2 Å². The lowest BCUT2D eigenvalue weighted by molar-refractivity contribution is 0.0695. The highest BCUT2D eigenvalue weighted by Crippen LogP contribution is 2.19. The first-order chi connectivity index (χ1) is 9.60. The minimum Gasteiger partial charge on any atom is -0.497 e. The van der Waals surface area contributed by atoms with Crippen molar-refractivity contribution in [2.45, 2.75) is 13.5 Å². The van der Waals surface area contributed by atoms with Gasteiger partial charge in [-0.05, 0) is 19.1 Å². The summed E-state index contributed by atoms with van der Waals surface area (Å²) in [5.41, 5.74) is 0.506. The molecule has 6 heteroatoms. The quantitative estimate of drug-likeness (QED) is 0.898. The molecule has 1 aromatic carbocycles. The van der Waals surface area contributed by atoms with Gasteiger partial charge >= 0.3 is 5.97 Å². The maximum Gasteiger partial charge on any atom is 0.339 e. The van der Waals surface area contributed by atoms with E-state index < -0.39 is 5.97 Å². The van der Waals surface area contributed by atoms with Crippen LogP contribution in [0.4, 0.5) is 0 Å². The zero-order valence-electron chi connectivity index (χ0n) is 11.2. The molecule has 1 N–H and O–H groups in total. The van der Waals surface area contributed by atoms with Gasteiger partial charge in [-0.15, -0.1) is 0 Å². The van der Waals surface area contributed by atoms with Crippen molar-refractivity contribution in [1.82, 2.24) is 9.97 Å². The average Bonchev–Trinajstić information content (AvgIpc) is 2.45. The lowest BCUT2D eigenvalue weighted by Gasteiger charge is -2.08. The standard InChI is InChI=1S/C14H14N2O4/c1-9-12(14(17)18)7-15-13(16-9)8-20-11-5-3-4-10(6-11)19-2/h3-7H,8H2,1-2H3,(H,17,18). The fraction of sp³-hybridized carbons (Fsp3) is 0.214. The molecule has 0 bridgehead atoms. The topological polar surface area (TPSA) is 81.5 Å². The highest BCUT2D eigenvalue weighted by atomic mass is 16.5. The number of methoxy groups -OCH3 is 1. The summed E-state index contributed by atoms with van der Waals surface area (Å²) in [6.07, 6.45) is 1.29. The Kier molecular flexibility index (Phi) is 4.14. The number of aromatic carboxylic acids is 1. The molecular weight excluding hydrogens is 260 g/mol. The molecule has 2 rings (SSSR count). The zero-order chi connectivity index (χ0) is 14.5. The first kappa shape index (κ1) is 13.8. The van der Waals surface area contributed by atoms with Gasteiger partial charge in [0.1, 0.15) is 18.1 Å². The molecule has 0 aliphatic heterocycles. The van der Waals surface area contributed by atoms with Crippen LogP contribution in [0.2, 0.25) is 0 Å². The van der Waals surface area contributed by atoms with Gasteiger partial charge in [-0.3, -0.25) is 0 Å². The van der Waals surface area contributed by atoms with Gasteiger partial charge in [0.05, 0.1) is 18.4 Å². The Balaban J connectivity index is 2.07. The number of carboxylic acids is 1. The molecule has 0 saturated heterocycles. The van der Waals surface area contributed by atoms with E-state index in [2.05, 4.69) is 9.97 Å². The van der Waals surface area contributed by atoms with Crippen LogP contribution in [0.5, 0.6) is 11.5 Å². The van der Waals surface area contributed by atoms with Gasteiger partial charge in [-0.2, -0.15) is 0 Å². The maximum absolute atomic E-state index is 10.9. The van der Waals surface area contributed by atoms with E-state index in [9.17, 15) is 4.79 Å². The van der Waals surface area contributed by atoms with Gasteiger partial charge < -0.3 is 14.6 Å². The molecule has 6 nitrogen and oxygen atoms in total. The summed E-state index contributed by atoms with van der Waals surface area (Å²) in [7, 11) is 1.58. The number of nitrogens with zero attached hydrogens (tertiary/aromatic N) is 2. The number of hydrogen-bond donors (Lipinski definition) is 1. The summed E-state index contributed by atoms with van der Waals surface area (Å²) in [4.78, 5) is 18.9. The van der Waals surface area contributed by atoms with Crippen LogP contribution in [0.25, 0.3) is 0 Å². The van der Waals surface area contributed by atoms with Crippen molar-refractivity contribution >= 4 is 5.97 Å². The van der Waals surface area contributed by atoms with E-state index in [1.165, 1.54) is 6.20 Å². The lowest BCUT2D eigenvalue weighted by atomic mass is 10.2. The molecule has 104 valence electrons. The van der Waals surface area contributed by atoms with Gasteiger partial charge in [-0.25, -0.2) is 14.8 Å². The second-order valence-corrected chi connectivity index (χ2v) is 4.06. The fourth-order valence-corrected chi connectivity index (χ4v) is 1.63. The van der Waals surface area contributed by atoms with Crippen LogP contribution in [0.1, 0.15) is 21.9 Å². The molecule has 0 fully saturated rings. The highest BCUT2D eigenvalue weighted by molar-refractivity contribution is 5.88. The fourth-order valence-electron chi connectivity index (χ4n) is 1.63. The molecule has 0 radical (unpaired) electrons. The molecule has 0 aliphatic carbocycles. The summed E-state index contributed by atoms with van der Waals surface area (Å²) < 4.78 is 10.6. The Hall–Kier alpha value is -2.63. The predicted molar refractivity (Wildman–Crippen MR) is 71.1 cm³/mol. The second-order valence-electron chi connectivity index (χ2n) is 4.06. The van der Waals surface area contributed by atoms with Crippen molar-refractivity contribution in [1.29, 1.82) is 0 Å². The first-order valence-corrected chi connectivity index (χ1v) is 5.93. The van der Waals surface area contributed by atoms with Gasteiger partial charge in [0.25, 0.3) is 0 Å². The second kappa shape index (κ2) is 6.01. The lowest BCUT2D eigenvalue weighted by Crippen LogP contribution is -2.08. The number of aryl methyl sites for hydroxylation is 1. The minimum absolute atomic E-state index is 0.0927. The highest BCUT2D eigenvalue weighted by Gasteiger charge is 2.10. The molecule has 0 spiro atoms. The van der Waals surface area contributed by atoms with Crippen LogP contribution in [0, 0.1) is 6.92 Å². The Morgan fingerprint density at radius 3 is 2.75 bits per heavy atom. The van der Waals surface area contributed by atoms with Gasteiger partial charge in [0, 0.05) is 12.3 Å². The molecule has 0 atom stereocenters. The number of hydrogen-bond acceptors (Lipinski definition) is 5. The smallest absolute Gasteiger partial charge is 0.339 e. The average molecular weight is 274 g/mol. The van der Waals surface area contributed by atoms with E-state index >= 15 is 0 Å². The molecular formula is C14H14N2O4. The Morgan fingerprint density at radius 2 is 2.10 bits per heavy atom. The number of aromatic nitrogens is 2. The first-order valence-electron chi connectivity index (χ1n) is 5.93. The Morgan fingerprint density at radius 1 is 1.35 bits per heavy atom. The molecule has 0 amide bonds. The molecule has 20 heavy (non-hydrogen) atoms. The van der Waals surface area contributed by atoms with Crippen LogP contribution >= 0.6 is 0 Å². The van der Waals surface area contributed by atoms with E-state index in [4.69, 9.17) is 14.6 Å². The van der Waals surface area contributed by atoms with E-state index in [0.29, 0.717) is 23.0 Å². The van der Waals surface area contributed by atoms with Gasteiger partial charge in [0.15, 0.2) is 5.82 Å². The van der Waals surface area contributed by atoms with E-state index in [-0.39, 0.29) is 12.2 Å². The number of carboxylic acid groups (broad SMARTS) is 1. The molecule has 2 aromatic rings. The van der Waals surface area contributed by atoms with E-state index in [1.807, 2.05) is 12.1 Å². The summed E-state index contributed by atoms with van der Waals surface area (Å²) in [5.74, 6) is 0.715. The van der Waals surface area contributed by atoms with Crippen LogP contribution in [-0.2, 0) is 6.61 Å². The third-order valence-electron chi connectivity index (χ3n) is 2.67. The summed E-state index contributed by atoms with van der Waals surface area (Å²) >= 11 is 0. The molecule has 0 saturated carbocycles. The van der Waals surface area contributed by atoms with Gasteiger partial charge in [0.2, 0.25) is 0 Å². The summed E-state index contributed by atoms with van der Waals surface area (Å²) in [6, 6.07) is 7.17. The van der Waals surface area contributed by atoms with Crippen molar-refractivity contribution in [3.63, 3.8) is 0 Å². The monoisotopic (exact) mass is 274 g/mol. The Labute approximate surface area is 116 Å². The van der Waals surface area contributed by atoms with Gasteiger partial charge in [-0.1, -0.05) is 6.07 Å². The summed E-state index contributed by atoms with van der Waals surface area (Å²) in [6.45, 7) is 1.79. The van der Waals surface area contributed by atoms with Crippen molar-refractivity contribution in [3.05, 3.63) is 47.5 Å². The molecule has 0 aliphatic rings. The minimum atomic E-state index is -1.04. The largest absolute Gasteiger partial charge is 0.497 e. The number of ether oxygens (including phenoxy) is 2. The van der Waals surface area contributed by atoms with Crippen LogP contribution < -0.4 is 9.47 Å². The third kappa shape index (κ3) is 3.23. The van der Waals surface area contributed by atoms with Crippen LogP contribution in [0.15, 0.2) is 30.5 Å². The number of carbonyl (C=O) groups is 1. The Bertz CT molecular complexity index is 628. The molecule has 0 unspecified atom stereocenters. The van der Waals surface area contributed by atoms with Crippen molar-refractivity contribution in [2.24, 2.45) is 0 Å². The van der Waals surface area contributed by atoms with Crippen molar-refractivity contribution in [3.8, 4) is 11.5 Å². The van der Waals surface area contributed by atoms with Crippen molar-refractivity contribution < 1.29 is 19.4 Å². The third-order valence-corrected chi connectivity index (χ3v) is 2.67. The molecule has 1 aromatic heterocycles. The molecule has 1 heterocycles. The number of benzene rings is 1. The zero-order valence-corrected chi connectivity index (χ0v) is 11.2. The van der Waals surface area contributed by atoms with E-state index in [0.717, 1.165) is 0 Å². The van der Waals surface area contributed by atoms with Crippen LogP contribution in [0.3, 0.4) is 0 Å².